The maximum absolute atomic E-state index is 12.8. The SMILES string of the molecule is C.Cc1ccccc1S(=O)(=O)Nc1ccc(C)n(CC(=O)NCCON=C(N)N)c1=O.[3H]F. The summed E-state index contributed by atoms with van der Waals surface area (Å²) in [7, 11) is -3.97. The van der Waals surface area contributed by atoms with Crippen LogP contribution in [0.4, 0.5) is 10.4 Å². The van der Waals surface area contributed by atoms with E-state index in [0.717, 1.165) is 0 Å². The van der Waals surface area contributed by atoms with E-state index in [1.165, 1.54) is 16.7 Å². The van der Waals surface area contributed by atoms with E-state index in [2.05, 4.69) is 16.6 Å². The molecule has 32 heavy (non-hydrogen) atoms. The predicted molar refractivity (Wildman–Crippen MR) is 121 cm³/mol. The highest BCUT2D eigenvalue weighted by atomic mass is 32.2. The second kappa shape index (κ2) is 12.3. The Kier molecular flexibility index (Phi) is 10.2. The van der Waals surface area contributed by atoms with E-state index in [0.29, 0.717) is 11.3 Å². The zero-order valence-electron chi connectivity index (χ0n) is 18.0. The molecule has 0 saturated carbocycles. The van der Waals surface area contributed by atoms with Gasteiger partial charge in [-0.15, -0.1) is 0 Å². The van der Waals surface area contributed by atoms with Crippen LogP contribution in [0.25, 0.3) is 0 Å². The molecule has 13 heteroatoms. The lowest BCUT2D eigenvalue weighted by atomic mass is 10.2. The number of carbonyl (C=O) groups is 1. The van der Waals surface area contributed by atoms with Crippen LogP contribution < -0.4 is 27.1 Å². The quantitative estimate of drug-likeness (QED) is 0.176. The van der Waals surface area contributed by atoms with Crippen molar-refractivity contribution >= 4 is 27.6 Å². The van der Waals surface area contributed by atoms with Crippen LogP contribution in [0.3, 0.4) is 0 Å². The molecule has 0 aliphatic carbocycles. The summed E-state index contributed by atoms with van der Waals surface area (Å²) in [6, 6.07) is 9.33. The highest BCUT2D eigenvalue weighted by molar-refractivity contribution is 7.92. The Morgan fingerprint density at radius 3 is 2.50 bits per heavy atom. The van der Waals surface area contributed by atoms with Crippen molar-refractivity contribution in [3.63, 3.8) is 0 Å². The zero-order valence-corrected chi connectivity index (χ0v) is 17.8. The molecule has 1 aromatic heterocycles. The third kappa shape index (κ3) is 7.58. The Labute approximate surface area is 187 Å². The molecule has 0 fully saturated rings. The fraction of sp³-hybridized carbons (Fsp3) is 0.316. The molecule has 0 aliphatic rings. The maximum atomic E-state index is 12.8. The van der Waals surface area contributed by atoms with E-state index >= 15 is 0 Å². The molecule has 0 saturated heterocycles. The van der Waals surface area contributed by atoms with Gasteiger partial charge in [-0.2, -0.15) is 0 Å². The number of aromatic nitrogens is 1. The van der Waals surface area contributed by atoms with Crippen molar-refractivity contribution < 1.29 is 22.8 Å². The van der Waals surface area contributed by atoms with E-state index in [-0.39, 0.29) is 43.7 Å². The molecule has 1 heterocycles. The molecule has 2 rings (SSSR count). The largest absolute Gasteiger partial charge is 0.391 e. The third-order valence-corrected chi connectivity index (χ3v) is 5.53. The number of halogens is 1. The highest BCUT2D eigenvalue weighted by Crippen LogP contribution is 2.17. The number of hydrogen-bond donors (Lipinski definition) is 4. The summed E-state index contributed by atoms with van der Waals surface area (Å²) in [5.41, 5.74) is 10.4. The Morgan fingerprint density at radius 1 is 1.22 bits per heavy atom. The third-order valence-electron chi connectivity index (χ3n) is 4.01. The number of sulfonamides is 1. The van der Waals surface area contributed by atoms with Crippen molar-refractivity contribution in [1.82, 2.24) is 9.88 Å². The van der Waals surface area contributed by atoms with Gasteiger partial charge in [0.2, 0.25) is 11.9 Å². The average Bonchev–Trinajstić information content (AvgIpc) is 2.74. The molecule has 6 N–H and O–H groups in total. The lowest BCUT2D eigenvalue weighted by Crippen LogP contribution is -2.36. The number of oxime groups is 1. The van der Waals surface area contributed by atoms with Gasteiger partial charge in [0.1, 0.15) is 18.8 Å². The van der Waals surface area contributed by atoms with Crippen LogP contribution in [0.15, 0.2) is 51.2 Å². The van der Waals surface area contributed by atoms with Gasteiger partial charge in [-0.1, -0.05) is 25.6 Å². The van der Waals surface area contributed by atoms with E-state index in [4.69, 9.17) is 21.0 Å². The second-order valence-electron chi connectivity index (χ2n) is 6.35. The molecule has 0 unspecified atom stereocenters. The molecule has 0 radical (unpaired) electrons. The molecule has 0 atom stereocenters. The first kappa shape index (κ1) is 26.4. The Balaban J connectivity index is 0.00000332. The summed E-state index contributed by atoms with van der Waals surface area (Å²) in [6.07, 6.45) is 0. The lowest BCUT2D eigenvalue weighted by molar-refractivity contribution is -0.122. The number of aryl methyl sites for hydroxylation is 2. The fourth-order valence-electron chi connectivity index (χ4n) is 2.56. The highest BCUT2D eigenvalue weighted by Gasteiger charge is 2.19. The van der Waals surface area contributed by atoms with Gasteiger partial charge in [-0.3, -0.25) is 19.0 Å². The smallest absolute Gasteiger partial charge is 0.275 e. The Bertz CT molecular complexity index is 1120. The summed E-state index contributed by atoms with van der Waals surface area (Å²) in [5.74, 6) is -0.708. The number of amides is 1. The fourth-order valence-corrected chi connectivity index (χ4v) is 3.86. The van der Waals surface area contributed by atoms with Crippen molar-refractivity contribution in [3.05, 3.63) is 58.0 Å². The molecule has 2 aromatic rings. The first-order valence-corrected chi connectivity index (χ1v) is 10.4. The number of anilines is 1. The zero-order chi connectivity index (χ0) is 24.3. The molecular weight excluding hydrogens is 443 g/mol. The number of carbonyl (C=O) groups excluding carboxylic acids is 1. The van der Waals surface area contributed by atoms with Crippen LogP contribution in [0, 0.1) is 13.8 Å². The topological polar surface area (TPSA) is 171 Å². The van der Waals surface area contributed by atoms with Gasteiger partial charge in [0.15, 0.2) is 0 Å². The number of nitrogens with one attached hydrogen (secondary N) is 2. The minimum atomic E-state index is -3.97. The molecular formula is C19H29FN6O5S. The summed E-state index contributed by atoms with van der Waals surface area (Å²) in [4.78, 5) is 29.7. The number of nitrogens with two attached hydrogens (primary N) is 2. The van der Waals surface area contributed by atoms with E-state index in [1.807, 2.05) is 0 Å². The summed E-state index contributed by atoms with van der Waals surface area (Å²) in [6.45, 7) is 3.14. The van der Waals surface area contributed by atoms with E-state index in [9.17, 15) is 18.0 Å². The van der Waals surface area contributed by atoms with Crippen molar-refractivity contribution in [3.8, 4) is 0 Å². The van der Waals surface area contributed by atoms with Gasteiger partial charge in [-0.05, 0) is 42.8 Å². The number of pyridine rings is 1. The van der Waals surface area contributed by atoms with Crippen LogP contribution in [0.1, 0.15) is 18.7 Å². The number of rotatable bonds is 9. The molecule has 0 bridgehead atoms. The summed E-state index contributed by atoms with van der Waals surface area (Å²) in [5, 5.41) is 5.86. The van der Waals surface area contributed by atoms with Gasteiger partial charge >= 0.3 is 0 Å². The van der Waals surface area contributed by atoms with Crippen LogP contribution in [-0.2, 0) is 26.2 Å². The Morgan fingerprint density at radius 2 is 1.88 bits per heavy atom. The molecule has 0 aliphatic heterocycles. The molecule has 1 amide bonds. The van der Waals surface area contributed by atoms with Gasteiger partial charge in [0, 0.05) is 5.69 Å². The normalized spacial score (nSPS) is 10.4. The molecule has 178 valence electrons. The minimum absolute atomic E-state index is 0. The summed E-state index contributed by atoms with van der Waals surface area (Å²) < 4.78 is 41.8. The van der Waals surface area contributed by atoms with Gasteiger partial charge in [0.25, 0.3) is 17.0 Å². The standard InChI is InChI=1S/C18H24N6O5S.CH4.FH/c1-12-5-3-4-6-15(12)30(27,28)23-14-8-7-13(2)24(17(14)26)11-16(25)21-9-10-29-22-18(19)20;;/h3-8,23H,9-11H2,1-2H3,(H,21,25)(H4,19,20,22);1H4;1H/i/hT. The van der Waals surface area contributed by atoms with Crippen LogP contribution in [-0.4, -0.2) is 39.5 Å². The lowest BCUT2D eigenvalue weighted by Gasteiger charge is -2.14. The molecule has 0 spiro atoms. The maximum Gasteiger partial charge on any atom is 0.275 e. The first-order chi connectivity index (χ1) is 15.1. The predicted octanol–water partition coefficient (Wildman–Crippen LogP) is 0.376. The van der Waals surface area contributed by atoms with E-state index in [1.54, 1.807) is 38.1 Å². The van der Waals surface area contributed by atoms with Gasteiger partial charge < -0.3 is 26.2 Å². The first-order valence-electron chi connectivity index (χ1n) is 9.26. The van der Waals surface area contributed by atoms with Crippen LogP contribution in [0.2, 0.25) is 0 Å². The van der Waals surface area contributed by atoms with E-state index < -0.39 is 21.5 Å². The van der Waals surface area contributed by atoms with Gasteiger partial charge in [0.05, 0.1) is 11.4 Å². The number of nitrogens with zero attached hydrogens (tertiary/aromatic N) is 2. The number of benzene rings is 1. The number of guanidine groups is 1. The summed E-state index contributed by atoms with van der Waals surface area (Å²) >= 11 is 0. The van der Waals surface area contributed by atoms with Crippen LogP contribution in [0.5, 0.6) is 0 Å². The van der Waals surface area contributed by atoms with Crippen LogP contribution >= 0.6 is 0 Å². The van der Waals surface area contributed by atoms with Crippen molar-refractivity contribution in [2.45, 2.75) is 32.7 Å². The number of hydrogen-bond acceptors (Lipinski definition) is 6. The van der Waals surface area contributed by atoms with Crippen molar-refractivity contribution in [1.29, 1.82) is 1.45 Å². The average molecular weight is 475 g/mol. The monoisotopic (exact) mass is 474 g/mol. The Hall–Kier alpha value is -3.61. The molecule has 1 aromatic carbocycles. The van der Waals surface area contributed by atoms with Crippen molar-refractivity contribution in [2.75, 3.05) is 17.9 Å². The second-order valence-corrected chi connectivity index (χ2v) is 8.00. The van der Waals surface area contributed by atoms with Crippen molar-refractivity contribution in [2.24, 2.45) is 16.6 Å². The molecule has 11 nitrogen and oxygen atoms in total. The van der Waals surface area contributed by atoms with Gasteiger partial charge in [-0.25, -0.2) is 8.42 Å². The minimum Gasteiger partial charge on any atom is -0.391 e.